The number of nitrogens with one attached hydrogen (secondary N) is 2. The van der Waals surface area contributed by atoms with Gasteiger partial charge in [-0.25, -0.2) is 0 Å². The third-order valence-electron chi connectivity index (χ3n) is 5.74. The third kappa shape index (κ3) is 6.03. The molecular weight excluding hydrogens is 467 g/mol. The summed E-state index contributed by atoms with van der Waals surface area (Å²) in [4.78, 5) is 23.4. The molecule has 8 nitrogen and oxygen atoms in total. The Bertz CT molecular complexity index is 1140. The van der Waals surface area contributed by atoms with Crippen LogP contribution in [0.5, 0.6) is 0 Å². The Labute approximate surface area is 200 Å². The van der Waals surface area contributed by atoms with Crippen LogP contribution in [0.3, 0.4) is 0 Å². The average molecular weight is 489 g/mol. The summed E-state index contributed by atoms with van der Waals surface area (Å²) < 4.78 is 5.38. The van der Waals surface area contributed by atoms with Gasteiger partial charge in [-0.2, -0.15) is 0 Å². The fourth-order valence-electron chi connectivity index (χ4n) is 4.04. The van der Waals surface area contributed by atoms with Gasteiger partial charge in [0.15, 0.2) is 0 Å². The quantitative estimate of drug-likeness (QED) is 0.366. The Hall–Kier alpha value is -3.10. The zero-order chi connectivity index (χ0) is 23.4. The topological polar surface area (TPSA) is 117 Å². The lowest BCUT2D eigenvalue weighted by atomic mass is 9.77. The minimum absolute atomic E-state index is 0.0261. The van der Waals surface area contributed by atoms with E-state index in [0.29, 0.717) is 27.3 Å². The first-order valence-electron chi connectivity index (χ1n) is 10.6. The van der Waals surface area contributed by atoms with Crippen molar-refractivity contribution < 1.29 is 19.1 Å². The number of aliphatic carboxylic acids is 1. The molecule has 1 saturated carbocycles. The Morgan fingerprint density at radius 3 is 2.42 bits per heavy atom. The standard InChI is InChI=1S/C23H22Cl2N4O4/c24-16-7-10-19(18(25)12-16)27-23-29-28-22(33-23)21(32)26-17-8-5-15(6-9-17)14-3-1-13(2-4-14)11-20(30)31/h5-10,12-14H,1-4,11H2,(H,26,32)(H,27,29)(H,30,31)/t13-,14-. The van der Waals surface area contributed by atoms with E-state index < -0.39 is 11.9 Å². The van der Waals surface area contributed by atoms with Crippen molar-refractivity contribution in [1.29, 1.82) is 0 Å². The highest BCUT2D eigenvalue weighted by atomic mass is 35.5. The molecule has 172 valence electrons. The summed E-state index contributed by atoms with van der Waals surface area (Å²) >= 11 is 12.0. The predicted molar refractivity (Wildman–Crippen MR) is 125 cm³/mol. The number of benzene rings is 2. The molecule has 4 rings (SSSR count). The first-order chi connectivity index (χ1) is 15.9. The summed E-state index contributed by atoms with van der Waals surface area (Å²) in [5.74, 6) is -0.773. The third-order valence-corrected chi connectivity index (χ3v) is 6.29. The molecule has 3 aromatic rings. The van der Waals surface area contributed by atoms with Gasteiger partial charge in [0.05, 0.1) is 10.7 Å². The van der Waals surface area contributed by atoms with E-state index in [2.05, 4.69) is 20.8 Å². The maximum Gasteiger partial charge on any atom is 0.320 e. The number of rotatable bonds is 7. The van der Waals surface area contributed by atoms with Crippen LogP contribution in [0, 0.1) is 5.92 Å². The van der Waals surface area contributed by atoms with Crippen LogP contribution in [-0.4, -0.2) is 27.2 Å². The molecule has 0 atom stereocenters. The number of carbonyl (C=O) groups is 2. The molecule has 2 aromatic carbocycles. The van der Waals surface area contributed by atoms with Gasteiger partial charge in [0.2, 0.25) is 0 Å². The highest BCUT2D eigenvalue weighted by Gasteiger charge is 2.24. The van der Waals surface area contributed by atoms with Crippen molar-refractivity contribution in [3.8, 4) is 0 Å². The van der Waals surface area contributed by atoms with Crippen LogP contribution in [0.4, 0.5) is 17.4 Å². The van der Waals surface area contributed by atoms with E-state index in [1.165, 1.54) is 5.56 Å². The number of hydrogen-bond acceptors (Lipinski definition) is 6. The first kappa shape index (κ1) is 23.1. The SMILES string of the molecule is O=C(O)C[C@H]1CC[C@H](c2ccc(NC(=O)c3nnc(Nc4ccc(Cl)cc4Cl)o3)cc2)CC1. The lowest BCUT2D eigenvalue weighted by molar-refractivity contribution is -0.138. The van der Waals surface area contributed by atoms with Crippen LogP contribution in [0.15, 0.2) is 46.9 Å². The van der Waals surface area contributed by atoms with Gasteiger partial charge in [0.1, 0.15) is 0 Å². The summed E-state index contributed by atoms with van der Waals surface area (Å²) in [6.07, 6.45) is 4.03. The molecule has 1 aliphatic carbocycles. The van der Waals surface area contributed by atoms with Crippen LogP contribution in [0.2, 0.25) is 10.0 Å². The second-order valence-corrected chi connectivity index (χ2v) is 8.90. The average Bonchev–Trinajstić information content (AvgIpc) is 3.25. The molecule has 0 unspecified atom stereocenters. The number of aromatic nitrogens is 2. The molecule has 1 amide bonds. The van der Waals surface area contributed by atoms with Crippen LogP contribution in [-0.2, 0) is 4.79 Å². The fourth-order valence-corrected chi connectivity index (χ4v) is 4.50. The van der Waals surface area contributed by atoms with Crippen molar-refractivity contribution in [1.82, 2.24) is 10.2 Å². The molecule has 3 N–H and O–H groups in total. The van der Waals surface area contributed by atoms with Crippen LogP contribution in [0.1, 0.15) is 54.3 Å². The van der Waals surface area contributed by atoms with Gasteiger partial charge < -0.3 is 20.2 Å². The zero-order valence-corrected chi connectivity index (χ0v) is 19.1. The Kier molecular flexibility index (Phi) is 7.15. The molecule has 1 aromatic heterocycles. The molecule has 0 aliphatic heterocycles. The van der Waals surface area contributed by atoms with Crippen molar-refractivity contribution in [2.45, 2.75) is 38.0 Å². The molecule has 0 saturated heterocycles. The molecule has 33 heavy (non-hydrogen) atoms. The molecule has 1 fully saturated rings. The summed E-state index contributed by atoms with van der Waals surface area (Å²) in [6.45, 7) is 0. The van der Waals surface area contributed by atoms with E-state index in [4.69, 9.17) is 32.7 Å². The minimum Gasteiger partial charge on any atom is -0.481 e. The molecule has 10 heteroatoms. The summed E-state index contributed by atoms with van der Waals surface area (Å²) in [7, 11) is 0. The predicted octanol–water partition coefficient (Wildman–Crippen LogP) is 6.12. The van der Waals surface area contributed by atoms with Gasteiger partial charge in [-0.3, -0.25) is 9.59 Å². The number of carbonyl (C=O) groups excluding carboxylic acids is 1. The van der Waals surface area contributed by atoms with E-state index >= 15 is 0 Å². The van der Waals surface area contributed by atoms with E-state index in [9.17, 15) is 9.59 Å². The Morgan fingerprint density at radius 2 is 1.76 bits per heavy atom. The summed E-state index contributed by atoms with van der Waals surface area (Å²) in [6, 6.07) is 12.6. The molecule has 1 heterocycles. The van der Waals surface area contributed by atoms with E-state index in [-0.39, 0.29) is 24.2 Å². The second kappa shape index (κ2) is 10.2. The molecule has 1 aliphatic rings. The van der Waals surface area contributed by atoms with E-state index in [1.54, 1.807) is 18.2 Å². The fraction of sp³-hybridized carbons (Fsp3) is 0.304. The van der Waals surface area contributed by atoms with Gasteiger partial charge in [0, 0.05) is 17.1 Å². The number of halogens is 2. The van der Waals surface area contributed by atoms with Crippen molar-refractivity contribution in [2.75, 3.05) is 10.6 Å². The number of amides is 1. The minimum atomic E-state index is -0.725. The maximum absolute atomic E-state index is 12.5. The first-order valence-corrected chi connectivity index (χ1v) is 11.3. The van der Waals surface area contributed by atoms with Crippen molar-refractivity contribution in [2.24, 2.45) is 5.92 Å². The van der Waals surface area contributed by atoms with E-state index in [0.717, 1.165) is 25.7 Å². The van der Waals surface area contributed by atoms with Gasteiger partial charge in [-0.15, -0.1) is 5.10 Å². The Morgan fingerprint density at radius 1 is 1.03 bits per heavy atom. The summed E-state index contributed by atoms with van der Waals surface area (Å²) in [5.41, 5.74) is 2.31. The highest BCUT2D eigenvalue weighted by Crippen LogP contribution is 2.37. The van der Waals surface area contributed by atoms with Crippen LogP contribution >= 0.6 is 23.2 Å². The largest absolute Gasteiger partial charge is 0.481 e. The van der Waals surface area contributed by atoms with Crippen molar-refractivity contribution in [3.05, 3.63) is 64.0 Å². The summed E-state index contributed by atoms with van der Waals surface area (Å²) in [5, 5.41) is 23.0. The maximum atomic E-state index is 12.5. The van der Waals surface area contributed by atoms with Crippen molar-refractivity contribution >= 4 is 52.5 Å². The van der Waals surface area contributed by atoms with Gasteiger partial charge >= 0.3 is 23.8 Å². The van der Waals surface area contributed by atoms with Gasteiger partial charge in [-0.05, 0) is 73.4 Å². The highest BCUT2D eigenvalue weighted by molar-refractivity contribution is 6.36. The number of carboxylic acids is 1. The number of hydrogen-bond donors (Lipinski definition) is 3. The number of nitrogens with zero attached hydrogens (tertiary/aromatic N) is 2. The second-order valence-electron chi connectivity index (χ2n) is 8.05. The lowest BCUT2D eigenvalue weighted by Gasteiger charge is -2.28. The zero-order valence-electron chi connectivity index (χ0n) is 17.6. The van der Waals surface area contributed by atoms with Crippen LogP contribution < -0.4 is 10.6 Å². The molecule has 0 bridgehead atoms. The smallest absolute Gasteiger partial charge is 0.320 e. The Balaban J connectivity index is 1.32. The van der Waals surface area contributed by atoms with E-state index in [1.807, 2.05) is 24.3 Å². The van der Waals surface area contributed by atoms with Crippen molar-refractivity contribution in [3.63, 3.8) is 0 Å². The van der Waals surface area contributed by atoms with Gasteiger partial charge in [0.25, 0.3) is 0 Å². The molecule has 0 spiro atoms. The molecular formula is C23H22Cl2N4O4. The monoisotopic (exact) mass is 488 g/mol. The molecule has 0 radical (unpaired) electrons. The number of carboxylic acid groups (broad SMARTS) is 1. The normalized spacial score (nSPS) is 18.0. The van der Waals surface area contributed by atoms with Gasteiger partial charge in [-0.1, -0.05) is 40.4 Å². The lowest BCUT2D eigenvalue weighted by Crippen LogP contribution is -2.16. The van der Waals surface area contributed by atoms with Crippen LogP contribution in [0.25, 0.3) is 0 Å². The number of anilines is 3.